The van der Waals surface area contributed by atoms with Crippen molar-refractivity contribution in [1.29, 1.82) is 0 Å². The summed E-state index contributed by atoms with van der Waals surface area (Å²) in [5.41, 5.74) is 4.96. The average Bonchev–Trinajstić information content (AvgIpc) is 3.01. The maximum absolute atomic E-state index is 12.9. The molecule has 4 rings (SSSR count). The summed E-state index contributed by atoms with van der Waals surface area (Å²) in [7, 11) is 0. The van der Waals surface area contributed by atoms with Crippen LogP contribution in [0.25, 0.3) is 11.0 Å². The minimum atomic E-state index is -1.08. The van der Waals surface area contributed by atoms with Crippen molar-refractivity contribution < 1.29 is 15.0 Å². The second-order valence-corrected chi connectivity index (χ2v) is 10.2. The molecular formula is C28H38N4O3. The largest absolute Gasteiger partial charge is 0.394 e. The van der Waals surface area contributed by atoms with E-state index in [-0.39, 0.29) is 19.1 Å². The summed E-state index contributed by atoms with van der Waals surface area (Å²) in [6.07, 6.45) is 7.21. The predicted molar refractivity (Wildman–Crippen MR) is 140 cm³/mol. The maximum atomic E-state index is 12.9. The number of aryl methyl sites for hydroxylation is 1. The zero-order valence-electron chi connectivity index (χ0n) is 21.1. The number of aliphatic hydroxyl groups excluding tert-OH is 2. The van der Waals surface area contributed by atoms with Gasteiger partial charge in [0.15, 0.2) is 0 Å². The van der Waals surface area contributed by atoms with Crippen molar-refractivity contribution in [3.05, 3.63) is 58.7 Å². The first kappa shape index (κ1) is 25.2. The van der Waals surface area contributed by atoms with E-state index in [1.807, 2.05) is 6.07 Å². The minimum Gasteiger partial charge on any atom is -0.394 e. The Morgan fingerprint density at radius 3 is 2.49 bits per heavy atom. The Morgan fingerprint density at radius 2 is 1.80 bits per heavy atom. The average molecular weight is 479 g/mol. The van der Waals surface area contributed by atoms with Crippen molar-refractivity contribution in [2.24, 2.45) is 0 Å². The molecule has 1 amide bonds. The number of imidazole rings is 1. The topological polar surface area (TPSA) is 99.4 Å². The zero-order chi connectivity index (χ0) is 25.0. The van der Waals surface area contributed by atoms with Gasteiger partial charge in [0.25, 0.3) is 5.91 Å². The second-order valence-electron chi connectivity index (χ2n) is 10.2. The van der Waals surface area contributed by atoms with Gasteiger partial charge in [0.05, 0.1) is 29.8 Å². The number of hydrogen-bond donors (Lipinski definition) is 4. The number of amides is 1. The van der Waals surface area contributed by atoms with Gasteiger partial charge in [0, 0.05) is 18.2 Å². The molecule has 0 saturated heterocycles. The standard InChI is InChI=1S/C28H38N4O3/c1-19-9-8-10-22(20(19)2)16-29-27-30-24-15-21(26(35)31-28(3,17-33)18-34)13-14-25(24)32(27)23-11-6-4-5-7-12-23/h8-10,13-15,23,33-34H,4-7,11-12,16-18H2,1-3H3,(H,29,30)(H,31,35). The fraction of sp³-hybridized carbons (Fsp3) is 0.500. The van der Waals surface area contributed by atoms with E-state index in [9.17, 15) is 15.0 Å². The Kier molecular flexibility index (Phi) is 7.77. The lowest BCUT2D eigenvalue weighted by Crippen LogP contribution is -2.51. The predicted octanol–water partition coefficient (Wildman–Crippen LogP) is 4.63. The first-order chi connectivity index (χ1) is 16.8. The van der Waals surface area contributed by atoms with Gasteiger partial charge in [-0.1, -0.05) is 43.9 Å². The molecule has 1 fully saturated rings. The molecule has 188 valence electrons. The molecule has 0 unspecified atom stereocenters. The molecule has 35 heavy (non-hydrogen) atoms. The van der Waals surface area contributed by atoms with Crippen molar-refractivity contribution in [2.75, 3.05) is 18.5 Å². The quantitative estimate of drug-likeness (QED) is 0.354. The number of carbonyl (C=O) groups is 1. The highest BCUT2D eigenvalue weighted by Crippen LogP contribution is 2.34. The molecule has 0 spiro atoms. The van der Waals surface area contributed by atoms with E-state index in [1.165, 1.54) is 42.4 Å². The van der Waals surface area contributed by atoms with Gasteiger partial charge in [0.2, 0.25) is 5.95 Å². The molecule has 0 aliphatic heterocycles. The van der Waals surface area contributed by atoms with Crippen LogP contribution in [0.3, 0.4) is 0 Å². The smallest absolute Gasteiger partial charge is 0.251 e. The fourth-order valence-corrected chi connectivity index (χ4v) is 4.90. The molecule has 0 bridgehead atoms. The van der Waals surface area contributed by atoms with Crippen molar-refractivity contribution in [3.8, 4) is 0 Å². The molecule has 4 N–H and O–H groups in total. The highest BCUT2D eigenvalue weighted by molar-refractivity contribution is 5.98. The van der Waals surface area contributed by atoms with Gasteiger partial charge in [-0.05, 0) is 68.5 Å². The van der Waals surface area contributed by atoms with E-state index in [2.05, 4.69) is 47.2 Å². The number of aromatic nitrogens is 2. The highest BCUT2D eigenvalue weighted by Gasteiger charge is 2.26. The van der Waals surface area contributed by atoms with Crippen LogP contribution in [-0.2, 0) is 6.54 Å². The minimum absolute atomic E-state index is 0.341. The number of anilines is 1. The summed E-state index contributed by atoms with van der Waals surface area (Å²) in [4.78, 5) is 17.8. The van der Waals surface area contributed by atoms with E-state index >= 15 is 0 Å². The summed E-state index contributed by atoms with van der Waals surface area (Å²) >= 11 is 0. The third-order valence-electron chi connectivity index (χ3n) is 7.41. The fourth-order valence-electron chi connectivity index (χ4n) is 4.90. The lowest BCUT2D eigenvalue weighted by Gasteiger charge is -2.26. The van der Waals surface area contributed by atoms with E-state index in [1.54, 1.807) is 19.1 Å². The molecule has 7 nitrogen and oxygen atoms in total. The van der Waals surface area contributed by atoms with Crippen LogP contribution in [0.4, 0.5) is 5.95 Å². The van der Waals surface area contributed by atoms with Gasteiger partial charge in [-0.2, -0.15) is 0 Å². The molecule has 1 saturated carbocycles. The molecule has 1 aliphatic rings. The lowest BCUT2D eigenvalue weighted by atomic mass is 10.0. The van der Waals surface area contributed by atoms with Crippen LogP contribution in [0.2, 0.25) is 0 Å². The highest BCUT2D eigenvalue weighted by atomic mass is 16.3. The third kappa shape index (κ3) is 5.52. The molecule has 3 aromatic rings. The summed E-state index contributed by atoms with van der Waals surface area (Å²) in [6, 6.07) is 12.3. The molecular weight excluding hydrogens is 440 g/mol. The van der Waals surface area contributed by atoms with Crippen LogP contribution < -0.4 is 10.6 Å². The summed E-state index contributed by atoms with van der Waals surface area (Å²) in [5.74, 6) is 0.493. The zero-order valence-corrected chi connectivity index (χ0v) is 21.1. The van der Waals surface area contributed by atoms with E-state index < -0.39 is 5.54 Å². The van der Waals surface area contributed by atoms with Crippen molar-refractivity contribution in [3.63, 3.8) is 0 Å². The van der Waals surface area contributed by atoms with E-state index in [0.717, 1.165) is 29.8 Å². The number of nitrogens with zero attached hydrogens (tertiary/aromatic N) is 2. The summed E-state index contributed by atoms with van der Waals surface area (Å²) < 4.78 is 2.33. The molecule has 2 aromatic carbocycles. The van der Waals surface area contributed by atoms with Crippen LogP contribution in [0.5, 0.6) is 0 Å². The molecule has 1 aliphatic carbocycles. The molecule has 7 heteroatoms. The normalized spacial score (nSPS) is 15.2. The Morgan fingerprint density at radius 1 is 1.09 bits per heavy atom. The van der Waals surface area contributed by atoms with Crippen LogP contribution in [0.15, 0.2) is 36.4 Å². The molecule has 0 atom stereocenters. The third-order valence-corrected chi connectivity index (χ3v) is 7.41. The first-order valence-electron chi connectivity index (χ1n) is 12.7. The number of benzene rings is 2. The van der Waals surface area contributed by atoms with Crippen LogP contribution >= 0.6 is 0 Å². The van der Waals surface area contributed by atoms with Gasteiger partial charge in [-0.25, -0.2) is 4.98 Å². The first-order valence-corrected chi connectivity index (χ1v) is 12.7. The second kappa shape index (κ2) is 10.8. The Labute approximate surface area is 207 Å². The lowest BCUT2D eigenvalue weighted by molar-refractivity contribution is 0.0724. The van der Waals surface area contributed by atoms with Gasteiger partial charge < -0.3 is 25.4 Å². The Hall–Kier alpha value is -2.90. The monoisotopic (exact) mass is 478 g/mol. The number of rotatable bonds is 8. The SMILES string of the molecule is Cc1cccc(CNc2nc3cc(C(=O)NC(C)(CO)CO)ccc3n2C2CCCCCC2)c1C. The number of hydrogen-bond acceptors (Lipinski definition) is 5. The summed E-state index contributed by atoms with van der Waals surface area (Å²) in [5, 5.41) is 25.4. The Balaban J connectivity index is 1.68. The number of nitrogens with one attached hydrogen (secondary N) is 2. The van der Waals surface area contributed by atoms with Crippen molar-refractivity contribution >= 4 is 22.9 Å². The van der Waals surface area contributed by atoms with Crippen LogP contribution in [-0.4, -0.2) is 44.4 Å². The van der Waals surface area contributed by atoms with E-state index in [0.29, 0.717) is 18.2 Å². The van der Waals surface area contributed by atoms with Gasteiger partial charge in [-0.3, -0.25) is 4.79 Å². The van der Waals surface area contributed by atoms with Crippen molar-refractivity contribution in [1.82, 2.24) is 14.9 Å². The van der Waals surface area contributed by atoms with Crippen LogP contribution in [0.1, 0.15) is 78.5 Å². The van der Waals surface area contributed by atoms with E-state index in [4.69, 9.17) is 4.98 Å². The van der Waals surface area contributed by atoms with Gasteiger partial charge >= 0.3 is 0 Å². The Bertz CT molecular complexity index is 1170. The molecule has 0 radical (unpaired) electrons. The van der Waals surface area contributed by atoms with Crippen molar-refractivity contribution in [2.45, 2.75) is 77.4 Å². The van der Waals surface area contributed by atoms with Crippen LogP contribution in [0, 0.1) is 13.8 Å². The maximum Gasteiger partial charge on any atom is 0.251 e. The number of aliphatic hydroxyl groups is 2. The molecule has 1 aromatic heterocycles. The number of fused-ring (bicyclic) bond motifs is 1. The molecule has 1 heterocycles. The number of carbonyl (C=O) groups excluding carboxylic acids is 1. The van der Waals surface area contributed by atoms with Gasteiger partial charge in [0.1, 0.15) is 0 Å². The van der Waals surface area contributed by atoms with Gasteiger partial charge in [-0.15, -0.1) is 0 Å². The summed E-state index contributed by atoms with van der Waals surface area (Å²) in [6.45, 7) is 5.88.